The van der Waals surface area contributed by atoms with E-state index in [-0.39, 0.29) is 12.3 Å². The van der Waals surface area contributed by atoms with Crippen molar-refractivity contribution in [1.82, 2.24) is 5.32 Å². The van der Waals surface area contributed by atoms with Gasteiger partial charge >= 0.3 is 12.1 Å². The second-order valence-corrected chi connectivity index (χ2v) is 5.51. The highest BCUT2D eigenvalue weighted by atomic mass is 16.6. The van der Waals surface area contributed by atoms with Crippen molar-refractivity contribution in [1.29, 1.82) is 0 Å². The number of aliphatic carboxylic acids is 1. The standard InChI is InChI=1S/C14H25NO5/c1-5-8-19-10-11(9-12(16)17)6-7-15-13(18)20-14(2,3)4/h5,11H,1,6-10H2,2-4H3,(H,15,18)(H,16,17)/t11-/m0/s1. The second-order valence-electron chi connectivity index (χ2n) is 5.51. The third kappa shape index (κ3) is 11.5. The molecule has 6 heteroatoms. The second kappa shape index (κ2) is 9.36. The summed E-state index contributed by atoms with van der Waals surface area (Å²) >= 11 is 0. The average Bonchev–Trinajstić information content (AvgIpc) is 2.25. The molecule has 0 saturated heterocycles. The number of hydrogen-bond acceptors (Lipinski definition) is 4. The van der Waals surface area contributed by atoms with Gasteiger partial charge in [0.05, 0.1) is 19.6 Å². The lowest BCUT2D eigenvalue weighted by Gasteiger charge is -2.20. The van der Waals surface area contributed by atoms with Crippen molar-refractivity contribution in [3.63, 3.8) is 0 Å². The minimum atomic E-state index is -0.880. The highest BCUT2D eigenvalue weighted by molar-refractivity contribution is 5.68. The van der Waals surface area contributed by atoms with Crippen LogP contribution >= 0.6 is 0 Å². The van der Waals surface area contributed by atoms with Crippen LogP contribution in [-0.2, 0) is 14.3 Å². The largest absolute Gasteiger partial charge is 0.481 e. The SMILES string of the molecule is C=CCOC[C@@H](CCNC(=O)OC(C)(C)C)CC(=O)O. The number of ether oxygens (including phenoxy) is 2. The maximum absolute atomic E-state index is 11.4. The van der Waals surface area contributed by atoms with E-state index in [0.29, 0.717) is 26.2 Å². The van der Waals surface area contributed by atoms with Gasteiger partial charge < -0.3 is 19.9 Å². The Bertz CT molecular complexity index is 322. The van der Waals surface area contributed by atoms with Gasteiger partial charge in [0.1, 0.15) is 5.60 Å². The molecule has 0 aliphatic carbocycles. The third-order valence-corrected chi connectivity index (χ3v) is 2.27. The summed E-state index contributed by atoms with van der Waals surface area (Å²) in [6, 6.07) is 0. The molecule has 1 amide bonds. The molecule has 2 N–H and O–H groups in total. The Hall–Kier alpha value is -1.56. The zero-order chi connectivity index (χ0) is 15.6. The van der Waals surface area contributed by atoms with Gasteiger partial charge in [-0.1, -0.05) is 6.08 Å². The first-order valence-electron chi connectivity index (χ1n) is 6.62. The van der Waals surface area contributed by atoms with Crippen LogP contribution in [0.15, 0.2) is 12.7 Å². The predicted molar refractivity (Wildman–Crippen MR) is 75.6 cm³/mol. The highest BCUT2D eigenvalue weighted by Gasteiger charge is 2.17. The fourth-order valence-electron chi connectivity index (χ4n) is 1.50. The number of hydrogen-bond donors (Lipinski definition) is 2. The van der Waals surface area contributed by atoms with Gasteiger partial charge in [-0.15, -0.1) is 6.58 Å². The zero-order valence-electron chi connectivity index (χ0n) is 12.5. The van der Waals surface area contributed by atoms with Crippen LogP contribution in [0.1, 0.15) is 33.6 Å². The molecule has 0 heterocycles. The van der Waals surface area contributed by atoms with E-state index in [1.165, 1.54) is 0 Å². The Morgan fingerprint density at radius 1 is 1.40 bits per heavy atom. The van der Waals surface area contributed by atoms with Gasteiger partial charge in [0.15, 0.2) is 0 Å². The number of amides is 1. The smallest absolute Gasteiger partial charge is 0.407 e. The maximum Gasteiger partial charge on any atom is 0.407 e. The van der Waals surface area contributed by atoms with Crippen molar-refractivity contribution in [3.8, 4) is 0 Å². The summed E-state index contributed by atoms with van der Waals surface area (Å²) < 4.78 is 10.3. The minimum Gasteiger partial charge on any atom is -0.481 e. The van der Waals surface area contributed by atoms with E-state index in [9.17, 15) is 9.59 Å². The molecular weight excluding hydrogens is 262 g/mol. The van der Waals surface area contributed by atoms with Crippen LogP contribution in [0, 0.1) is 5.92 Å². The summed E-state index contributed by atoms with van der Waals surface area (Å²) in [5, 5.41) is 11.4. The van der Waals surface area contributed by atoms with Gasteiger partial charge in [-0.3, -0.25) is 4.79 Å². The summed E-state index contributed by atoms with van der Waals surface area (Å²) in [7, 11) is 0. The molecule has 0 unspecified atom stereocenters. The normalized spacial score (nSPS) is 12.6. The lowest BCUT2D eigenvalue weighted by Crippen LogP contribution is -2.34. The topological polar surface area (TPSA) is 84.9 Å². The third-order valence-electron chi connectivity index (χ3n) is 2.27. The molecule has 0 radical (unpaired) electrons. The number of nitrogens with one attached hydrogen (secondary N) is 1. The van der Waals surface area contributed by atoms with E-state index in [1.807, 2.05) is 0 Å². The van der Waals surface area contributed by atoms with E-state index >= 15 is 0 Å². The summed E-state index contributed by atoms with van der Waals surface area (Å²) in [4.78, 5) is 22.2. The number of carboxylic acid groups (broad SMARTS) is 1. The number of rotatable bonds is 9. The molecule has 0 saturated carbocycles. The Balaban J connectivity index is 4.02. The van der Waals surface area contributed by atoms with E-state index < -0.39 is 17.7 Å². The molecule has 1 atom stereocenters. The quantitative estimate of drug-likeness (QED) is 0.501. The van der Waals surface area contributed by atoms with Crippen LogP contribution in [0.4, 0.5) is 4.79 Å². The van der Waals surface area contributed by atoms with Crippen LogP contribution < -0.4 is 5.32 Å². The molecule has 0 aromatic rings. The summed E-state index contributed by atoms with van der Waals surface area (Å²) in [6.45, 7) is 9.93. The molecule has 20 heavy (non-hydrogen) atoms. The number of carboxylic acids is 1. The van der Waals surface area contributed by atoms with Crippen molar-refractivity contribution in [2.24, 2.45) is 5.92 Å². The van der Waals surface area contributed by atoms with Crippen LogP contribution in [0.5, 0.6) is 0 Å². The number of carbonyl (C=O) groups is 2. The first kappa shape index (κ1) is 18.4. The summed E-state index contributed by atoms with van der Waals surface area (Å²) in [6.07, 6.45) is 1.63. The van der Waals surface area contributed by atoms with Crippen molar-refractivity contribution in [2.45, 2.75) is 39.2 Å². The van der Waals surface area contributed by atoms with Crippen molar-refractivity contribution < 1.29 is 24.2 Å². The van der Waals surface area contributed by atoms with E-state index in [4.69, 9.17) is 14.6 Å². The van der Waals surface area contributed by atoms with Gasteiger partial charge in [0, 0.05) is 6.54 Å². The first-order chi connectivity index (χ1) is 9.24. The molecule has 0 fully saturated rings. The van der Waals surface area contributed by atoms with Crippen molar-refractivity contribution in [3.05, 3.63) is 12.7 Å². The monoisotopic (exact) mass is 287 g/mol. The highest BCUT2D eigenvalue weighted by Crippen LogP contribution is 2.10. The van der Waals surface area contributed by atoms with E-state index in [2.05, 4.69) is 11.9 Å². The fraction of sp³-hybridized carbons (Fsp3) is 0.714. The van der Waals surface area contributed by atoms with Gasteiger partial charge in [0.25, 0.3) is 0 Å². The molecular formula is C14H25NO5. The lowest BCUT2D eigenvalue weighted by atomic mass is 10.0. The van der Waals surface area contributed by atoms with Crippen molar-refractivity contribution >= 4 is 12.1 Å². The Labute approximate surface area is 120 Å². The summed E-state index contributed by atoms with van der Waals surface area (Å²) in [5.41, 5.74) is -0.544. The molecule has 0 aromatic heterocycles. The Morgan fingerprint density at radius 3 is 2.55 bits per heavy atom. The zero-order valence-corrected chi connectivity index (χ0v) is 12.5. The van der Waals surface area contributed by atoms with Crippen LogP contribution in [0.3, 0.4) is 0 Å². The molecule has 0 aromatic carbocycles. The van der Waals surface area contributed by atoms with Crippen molar-refractivity contribution in [2.75, 3.05) is 19.8 Å². The van der Waals surface area contributed by atoms with Crippen LogP contribution in [-0.4, -0.2) is 42.5 Å². The van der Waals surface area contributed by atoms with Gasteiger partial charge in [-0.2, -0.15) is 0 Å². The van der Waals surface area contributed by atoms with Gasteiger partial charge in [-0.05, 0) is 33.1 Å². The molecule has 0 bridgehead atoms. The summed E-state index contributed by atoms with van der Waals surface area (Å²) in [5.74, 6) is -1.03. The predicted octanol–water partition coefficient (Wildman–Crippen LogP) is 2.19. The van der Waals surface area contributed by atoms with Crippen LogP contribution in [0.25, 0.3) is 0 Å². The number of alkyl carbamates (subject to hydrolysis) is 1. The molecule has 0 aliphatic heterocycles. The van der Waals surface area contributed by atoms with E-state index in [1.54, 1.807) is 26.8 Å². The van der Waals surface area contributed by atoms with E-state index in [0.717, 1.165) is 0 Å². The lowest BCUT2D eigenvalue weighted by molar-refractivity contribution is -0.138. The molecule has 0 aliphatic rings. The number of carbonyl (C=O) groups excluding carboxylic acids is 1. The molecule has 6 nitrogen and oxygen atoms in total. The van der Waals surface area contributed by atoms with Crippen LogP contribution in [0.2, 0.25) is 0 Å². The fourth-order valence-corrected chi connectivity index (χ4v) is 1.50. The minimum absolute atomic E-state index is 0.00708. The average molecular weight is 287 g/mol. The maximum atomic E-state index is 11.4. The van der Waals surface area contributed by atoms with Gasteiger partial charge in [-0.25, -0.2) is 4.79 Å². The molecule has 0 rings (SSSR count). The molecule has 116 valence electrons. The van der Waals surface area contributed by atoms with Gasteiger partial charge in [0.2, 0.25) is 0 Å². The first-order valence-corrected chi connectivity index (χ1v) is 6.62. The Morgan fingerprint density at radius 2 is 2.05 bits per heavy atom. The Kier molecular flexibility index (Phi) is 8.63. The molecule has 0 spiro atoms.